The van der Waals surface area contributed by atoms with Crippen molar-refractivity contribution in [3.8, 4) is 0 Å². The lowest BCUT2D eigenvalue weighted by Gasteiger charge is -2.12. The minimum absolute atomic E-state index is 0.162. The average Bonchev–Trinajstić information content (AvgIpc) is 2.86. The molecule has 0 aliphatic heterocycles. The zero-order valence-electron chi connectivity index (χ0n) is 11.3. The van der Waals surface area contributed by atoms with Crippen LogP contribution >= 0.6 is 0 Å². The molecular formula is C15H19N3O2. The van der Waals surface area contributed by atoms with Gasteiger partial charge in [-0.1, -0.05) is 30.9 Å². The van der Waals surface area contributed by atoms with E-state index in [4.69, 9.17) is 10.5 Å². The van der Waals surface area contributed by atoms with Gasteiger partial charge in [0.25, 0.3) is 0 Å². The first kappa shape index (κ1) is 14.1. The number of carbonyl (C=O) groups is 1. The van der Waals surface area contributed by atoms with Gasteiger partial charge in [0.05, 0.1) is 0 Å². The van der Waals surface area contributed by atoms with E-state index in [9.17, 15) is 4.79 Å². The third-order valence-corrected chi connectivity index (χ3v) is 3.00. The summed E-state index contributed by atoms with van der Waals surface area (Å²) in [4.78, 5) is 14.5. The van der Waals surface area contributed by atoms with E-state index in [0.29, 0.717) is 13.0 Å². The maximum Gasteiger partial charge on any atom is 0.407 e. The number of rotatable bonds is 6. The number of hydrogen-bond acceptors (Lipinski definition) is 3. The standard InChI is InChI=1S/C15H19N3O2/c1-2-7-20-15(19)18-10-12(16)8-11-9-17-14-6-4-3-5-13(11)14/h2-6,9,12,17H,1,7-8,10,16H2,(H,18,19). The van der Waals surface area contributed by atoms with Crippen molar-refractivity contribution in [2.45, 2.75) is 12.5 Å². The second kappa shape index (κ2) is 6.77. The van der Waals surface area contributed by atoms with Crippen molar-refractivity contribution in [2.75, 3.05) is 13.2 Å². The maximum atomic E-state index is 11.3. The summed E-state index contributed by atoms with van der Waals surface area (Å²) < 4.78 is 4.82. The number of alkyl carbamates (subject to hydrolysis) is 1. The van der Waals surface area contributed by atoms with E-state index in [2.05, 4.69) is 22.9 Å². The Balaban J connectivity index is 1.86. The van der Waals surface area contributed by atoms with Crippen LogP contribution in [0.15, 0.2) is 43.1 Å². The van der Waals surface area contributed by atoms with E-state index >= 15 is 0 Å². The summed E-state index contributed by atoms with van der Waals surface area (Å²) in [5, 5.41) is 3.80. The van der Waals surface area contributed by atoms with Crippen molar-refractivity contribution in [1.29, 1.82) is 0 Å². The Morgan fingerprint density at radius 2 is 2.30 bits per heavy atom. The van der Waals surface area contributed by atoms with Crippen molar-refractivity contribution in [1.82, 2.24) is 10.3 Å². The number of carbonyl (C=O) groups excluding carboxylic acids is 1. The zero-order chi connectivity index (χ0) is 14.4. The molecule has 1 atom stereocenters. The molecule has 5 nitrogen and oxygen atoms in total. The zero-order valence-corrected chi connectivity index (χ0v) is 11.3. The third kappa shape index (κ3) is 3.61. The molecule has 2 aromatic rings. The normalized spacial score (nSPS) is 12.1. The van der Waals surface area contributed by atoms with E-state index in [1.54, 1.807) is 0 Å². The van der Waals surface area contributed by atoms with Crippen molar-refractivity contribution in [2.24, 2.45) is 5.73 Å². The number of nitrogens with one attached hydrogen (secondary N) is 2. The Kier molecular flexibility index (Phi) is 4.79. The van der Waals surface area contributed by atoms with Gasteiger partial charge in [-0.25, -0.2) is 4.79 Å². The molecule has 0 bridgehead atoms. The van der Waals surface area contributed by atoms with E-state index in [-0.39, 0.29) is 12.6 Å². The molecule has 5 heteroatoms. The number of nitrogens with two attached hydrogens (primary N) is 1. The summed E-state index contributed by atoms with van der Waals surface area (Å²) in [5.41, 5.74) is 8.27. The average molecular weight is 273 g/mol. The lowest BCUT2D eigenvalue weighted by Crippen LogP contribution is -2.38. The summed E-state index contributed by atoms with van der Waals surface area (Å²) in [6, 6.07) is 7.90. The molecule has 2 rings (SSSR count). The molecule has 4 N–H and O–H groups in total. The topological polar surface area (TPSA) is 80.1 Å². The molecular weight excluding hydrogens is 254 g/mol. The smallest absolute Gasteiger partial charge is 0.407 e. The highest BCUT2D eigenvalue weighted by Gasteiger charge is 2.10. The first-order chi connectivity index (χ1) is 9.70. The molecule has 0 fully saturated rings. The van der Waals surface area contributed by atoms with Gasteiger partial charge in [-0.3, -0.25) is 0 Å². The number of aromatic nitrogens is 1. The minimum Gasteiger partial charge on any atom is -0.445 e. The highest BCUT2D eigenvalue weighted by Crippen LogP contribution is 2.18. The molecule has 0 saturated heterocycles. The fraction of sp³-hybridized carbons (Fsp3) is 0.267. The first-order valence-corrected chi connectivity index (χ1v) is 6.53. The lowest BCUT2D eigenvalue weighted by atomic mass is 10.1. The molecule has 106 valence electrons. The van der Waals surface area contributed by atoms with Crippen LogP contribution in [-0.2, 0) is 11.2 Å². The molecule has 1 heterocycles. The van der Waals surface area contributed by atoms with Crippen LogP contribution in [0, 0.1) is 0 Å². The summed E-state index contributed by atoms with van der Waals surface area (Å²) in [7, 11) is 0. The largest absolute Gasteiger partial charge is 0.445 e. The van der Waals surface area contributed by atoms with Crippen LogP contribution in [0.4, 0.5) is 4.79 Å². The second-order valence-corrected chi connectivity index (χ2v) is 4.59. The van der Waals surface area contributed by atoms with Crippen molar-refractivity contribution >= 4 is 17.0 Å². The van der Waals surface area contributed by atoms with Crippen LogP contribution in [-0.4, -0.2) is 30.3 Å². The number of fused-ring (bicyclic) bond motifs is 1. The van der Waals surface area contributed by atoms with E-state index < -0.39 is 6.09 Å². The highest BCUT2D eigenvalue weighted by molar-refractivity contribution is 5.83. The van der Waals surface area contributed by atoms with Crippen LogP contribution in [0.3, 0.4) is 0 Å². The highest BCUT2D eigenvalue weighted by atomic mass is 16.5. The molecule has 0 radical (unpaired) electrons. The Hall–Kier alpha value is -2.27. The number of amides is 1. The number of para-hydroxylation sites is 1. The Bertz CT molecular complexity index is 592. The Morgan fingerprint density at radius 1 is 1.50 bits per heavy atom. The van der Waals surface area contributed by atoms with Crippen LogP contribution in [0.25, 0.3) is 10.9 Å². The summed E-state index contributed by atoms with van der Waals surface area (Å²) in [5.74, 6) is 0. The molecule has 0 aliphatic carbocycles. The molecule has 1 aromatic carbocycles. The molecule has 0 spiro atoms. The van der Waals surface area contributed by atoms with Crippen molar-refractivity contribution < 1.29 is 9.53 Å². The van der Waals surface area contributed by atoms with Gasteiger partial charge < -0.3 is 20.8 Å². The third-order valence-electron chi connectivity index (χ3n) is 3.00. The monoisotopic (exact) mass is 273 g/mol. The van der Waals surface area contributed by atoms with Crippen LogP contribution in [0.5, 0.6) is 0 Å². The molecule has 1 unspecified atom stereocenters. The minimum atomic E-state index is -0.473. The van der Waals surface area contributed by atoms with Gasteiger partial charge >= 0.3 is 6.09 Å². The quantitative estimate of drug-likeness (QED) is 0.704. The van der Waals surface area contributed by atoms with E-state index in [0.717, 1.165) is 16.5 Å². The molecule has 1 aromatic heterocycles. The first-order valence-electron chi connectivity index (χ1n) is 6.53. The van der Waals surface area contributed by atoms with Crippen LogP contribution < -0.4 is 11.1 Å². The summed E-state index contributed by atoms with van der Waals surface area (Å²) in [6.07, 6.45) is 3.69. The number of benzene rings is 1. The summed E-state index contributed by atoms with van der Waals surface area (Å²) in [6.45, 7) is 4.04. The predicted molar refractivity (Wildman–Crippen MR) is 79.5 cm³/mol. The molecule has 1 amide bonds. The predicted octanol–water partition coefficient (Wildman–Crippen LogP) is 1.95. The van der Waals surface area contributed by atoms with Crippen LogP contribution in [0.1, 0.15) is 5.56 Å². The van der Waals surface area contributed by atoms with Gasteiger partial charge in [-0.05, 0) is 18.1 Å². The Morgan fingerprint density at radius 3 is 3.10 bits per heavy atom. The number of aromatic amines is 1. The number of H-pyrrole nitrogens is 1. The fourth-order valence-corrected chi connectivity index (χ4v) is 2.06. The lowest BCUT2D eigenvalue weighted by molar-refractivity contribution is 0.157. The van der Waals surface area contributed by atoms with Gasteiger partial charge in [0.2, 0.25) is 0 Å². The van der Waals surface area contributed by atoms with E-state index in [1.165, 1.54) is 6.08 Å². The number of ether oxygens (including phenoxy) is 1. The second-order valence-electron chi connectivity index (χ2n) is 4.59. The van der Waals surface area contributed by atoms with Gasteiger partial charge in [-0.15, -0.1) is 0 Å². The number of hydrogen-bond donors (Lipinski definition) is 3. The van der Waals surface area contributed by atoms with Gasteiger partial charge in [-0.2, -0.15) is 0 Å². The van der Waals surface area contributed by atoms with Crippen molar-refractivity contribution in [3.63, 3.8) is 0 Å². The van der Waals surface area contributed by atoms with Gasteiger partial charge in [0, 0.05) is 29.7 Å². The van der Waals surface area contributed by atoms with E-state index in [1.807, 2.05) is 24.4 Å². The van der Waals surface area contributed by atoms with Crippen LogP contribution in [0.2, 0.25) is 0 Å². The Labute approximate surface area is 117 Å². The van der Waals surface area contributed by atoms with Crippen molar-refractivity contribution in [3.05, 3.63) is 48.7 Å². The van der Waals surface area contributed by atoms with Gasteiger partial charge in [0.15, 0.2) is 0 Å². The molecule has 20 heavy (non-hydrogen) atoms. The maximum absolute atomic E-state index is 11.3. The molecule has 0 aliphatic rings. The SMILES string of the molecule is C=CCOC(=O)NCC(N)Cc1c[nH]c2ccccc12. The molecule has 0 saturated carbocycles. The van der Waals surface area contributed by atoms with Gasteiger partial charge in [0.1, 0.15) is 6.61 Å². The fourth-order valence-electron chi connectivity index (χ4n) is 2.06. The summed E-state index contributed by atoms with van der Waals surface area (Å²) >= 11 is 0.